The standard InChI is InChI=1S/C20H22N2O3S/c1-24-17-10-6-16(7-11-17)21-19(23)14-25-18-8-4-15(5-9-18)20(26)22-12-2-3-13-22/h4-11H,2-3,12-14H2,1H3,(H,21,23). The van der Waals surface area contributed by atoms with Gasteiger partial charge < -0.3 is 19.7 Å². The lowest BCUT2D eigenvalue weighted by Crippen LogP contribution is -2.26. The van der Waals surface area contributed by atoms with Crippen LogP contribution in [0.2, 0.25) is 0 Å². The summed E-state index contributed by atoms with van der Waals surface area (Å²) in [6, 6.07) is 14.7. The minimum atomic E-state index is -0.216. The van der Waals surface area contributed by atoms with Crippen LogP contribution in [-0.4, -0.2) is 42.6 Å². The molecule has 2 aromatic carbocycles. The molecule has 136 valence electrons. The molecule has 1 fully saturated rings. The Balaban J connectivity index is 1.49. The van der Waals surface area contributed by atoms with Gasteiger partial charge in [0.15, 0.2) is 6.61 Å². The third kappa shape index (κ3) is 4.73. The van der Waals surface area contributed by atoms with Crippen molar-refractivity contribution in [3.05, 3.63) is 54.1 Å². The number of anilines is 1. The molecule has 3 rings (SSSR count). The number of carbonyl (C=O) groups is 1. The van der Waals surface area contributed by atoms with Crippen LogP contribution >= 0.6 is 12.2 Å². The van der Waals surface area contributed by atoms with E-state index in [0.717, 1.165) is 29.4 Å². The predicted octanol–water partition coefficient (Wildman–Crippen LogP) is 3.48. The molecule has 1 amide bonds. The summed E-state index contributed by atoms with van der Waals surface area (Å²) in [6.07, 6.45) is 2.40. The lowest BCUT2D eigenvalue weighted by molar-refractivity contribution is -0.118. The second-order valence-corrected chi connectivity index (χ2v) is 6.48. The van der Waals surface area contributed by atoms with Crippen LogP contribution in [-0.2, 0) is 4.79 Å². The van der Waals surface area contributed by atoms with Crippen molar-refractivity contribution >= 4 is 28.8 Å². The van der Waals surface area contributed by atoms with Crippen molar-refractivity contribution in [2.24, 2.45) is 0 Å². The van der Waals surface area contributed by atoms with Crippen LogP contribution in [0.25, 0.3) is 0 Å². The Morgan fingerprint density at radius 3 is 2.27 bits per heavy atom. The highest BCUT2D eigenvalue weighted by Gasteiger charge is 2.16. The van der Waals surface area contributed by atoms with E-state index in [1.165, 1.54) is 12.8 Å². The number of nitrogens with one attached hydrogen (secondary N) is 1. The van der Waals surface area contributed by atoms with Crippen LogP contribution in [0.1, 0.15) is 18.4 Å². The van der Waals surface area contributed by atoms with Gasteiger partial charge in [0.25, 0.3) is 5.91 Å². The molecule has 5 nitrogen and oxygen atoms in total. The van der Waals surface area contributed by atoms with Gasteiger partial charge in [0, 0.05) is 24.3 Å². The average Bonchev–Trinajstić information content (AvgIpc) is 3.21. The van der Waals surface area contributed by atoms with E-state index in [9.17, 15) is 4.79 Å². The van der Waals surface area contributed by atoms with Crippen molar-refractivity contribution in [2.45, 2.75) is 12.8 Å². The van der Waals surface area contributed by atoms with Crippen LogP contribution in [0.15, 0.2) is 48.5 Å². The minimum Gasteiger partial charge on any atom is -0.497 e. The van der Waals surface area contributed by atoms with E-state index in [1.54, 1.807) is 31.4 Å². The van der Waals surface area contributed by atoms with Gasteiger partial charge in [-0.3, -0.25) is 4.79 Å². The molecule has 0 atom stereocenters. The number of rotatable bonds is 6. The summed E-state index contributed by atoms with van der Waals surface area (Å²) in [5.41, 5.74) is 1.71. The zero-order chi connectivity index (χ0) is 18.4. The van der Waals surface area contributed by atoms with Crippen LogP contribution < -0.4 is 14.8 Å². The van der Waals surface area contributed by atoms with Gasteiger partial charge in [-0.1, -0.05) is 12.2 Å². The number of amides is 1. The molecule has 1 saturated heterocycles. The number of ether oxygens (including phenoxy) is 2. The minimum absolute atomic E-state index is 0.0536. The van der Waals surface area contributed by atoms with Crippen molar-refractivity contribution in [2.75, 3.05) is 32.1 Å². The van der Waals surface area contributed by atoms with E-state index in [-0.39, 0.29) is 12.5 Å². The van der Waals surface area contributed by atoms with Crippen LogP contribution in [0.5, 0.6) is 11.5 Å². The molecule has 0 bridgehead atoms. The topological polar surface area (TPSA) is 50.8 Å². The fourth-order valence-corrected chi connectivity index (χ4v) is 3.14. The Morgan fingerprint density at radius 1 is 1.04 bits per heavy atom. The van der Waals surface area contributed by atoms with Crippen LogP contribution in [0.3, 0.4) is 0 Å². The summed E-state index contributed by atoms with van der Waals surface area (Å²) >= 11 is 5.53. The Hall–Kier alpha value is -2.60. The van der Waals surface area contributed by atoms with Crippen molar-refractivity contribution in [1.82, 2.24) is 4.90 Å². The van der Waals surface area contributed by atoms with E-state index in [4.69, 9.17) is 21.7 Å². The third-order valence-electron chi connectivity index (χ3n) is 4.24. The number of carbonyl (C=O) groups excluding carboxylic acids is 1. The lowest BCUT2D eigenvalue weighted by atomic mass is 10.2. The number of benzene rings is 2. The predicted molar refractivity (Wildman–Crippen MR) is 106 cm³/mol. The van der Waals surface area contributed by atoms with Gasteiger partial charge in [0.2, 0.25) is 0 Å². The molecule has 2 aromatic rings. The molecule has 0 unspecified atom stereocenters. The van der Waals surface area contributed by atoms with E-state index in [1.807, 2.05) is 24.3 Å². The zero-order valence-electron chi connectivity index (χ0n) is 14.7. The molecule has 0 radical (unpaired) electrons. The Kier molecular flexibility index (Phi) is 6.07. The maximum atomic E-state index is 12.0. The van der Waals surface area contributed by atoms with Gasteiger partial charge in [-0.25, -0.2) is 0 Å². The number of methoxy groups -OCH3 is 1. The zero-order valence-corrected chi connectivity index (χ0v) is 15.6. The van der Waals surface area contributed by atoms with Gasteiger partial charge in [-0.05, 0) is 61.4 Å². The van der Waals surface area contributed by atoms with Gasteiger partial charge in [-0.2, -0.15) is 0 Å². The van der Waals surface area contributed by atoms with E-state index < -0.39 is 0 Å². The Morgan fingerprint density at radius 2 is 1.65 bits per heavy atom. The summed E-state index contributed by atoms with van der Waals surface area (Å²) in [7, 11) is 1.60. The molecule has 1 heterocycles. The van der Waals surface area contributed by atoms with E-state index in [0.29, 0.717) is 11.4 Å². The molecular weight excluding hydrogens is 348 g/mol. The van der Waals surface area contributed by atoms with Gasteiger partial charge in [0.05, 0.1) is 7.11 Å². The third-order valence-corrected chi connectivity index (χ3v) is 4.73. The molecule has 1 N–H and O–H groups in total. The SMILES string of the molecule is COc1ccc(NC(=O)COc2ccc(C(=S)N3CCCC3)cc2)cc1. The summed E-state index contributed by atoms with van der Waals surface area (Å²) in [4.78, 5) is 15.1. The largest absolute Gasteiger partial charge is 0.497 e. The molecule has 6 heteroatoms. The summed E-state index contributed by atoms with van der Waals surface area (Å²) in [5, 5.41) is 2.78. The first-order valence-electron chi connectivity index (χ1n) is 8.62. The second kappa shape index (κ2) is 8.67. The summed E-state index contributed by atoms with van der Waals surface area (Å²) < 4.78 is 10.6. The molecule has 1 aliphatic rings. The fraction of sp³-hybridized carbons (Fsp3) is 0.300. The summed E-state index contributed by atoms with van der Waals surface area (Å²) in [5.74, 6) is 1.17. The van der Waals surface area contributed by atoms with Gasteiger partial charge in [-0.15, -0.1) is 0 Å². The van der Waals surface area contributed by atoms with Crippen molar-refractivity contribution in [3.63, 3.8) is 0 Å². The first kappa shape index (κ1) is 18.2. The average molecular weight is 370 g/mol. The molecule has 1 aliphatic heterocycles. The molecular formula is C20H22N2O3S. The van der Waals surface area contributed by atoms with Crippen molar-refractivity contribution < 1.29 is 14.3 Å². The monoisotopic (exact) mass is 370 g/mol. The smallest absolute Gasteiger partial charge is 0.262 e. The molecule has 0 saturated carbocycles. The number of hydrogen-bond acceptors (Lipinski definition) is 4. The highest BCUT2D eigenvalue weighted by Crippen LogP contribution is 2.18. The van der Waals surface area contributed by atoms with Crippen LogP contribution in [0, 0.1) is 0 Å². The van der Waals surface area contributed by atoms with Gasteiger partial charge >= 0.3 is 0 Å². The van der Waals surface area contributed by atoms with Crippen LogP contribution in [0.4, 0.5) is 5.69 Å². The molecule has 0 aliphatic carbocycles. The van der Waals surface area contributed by atoms with Crippen molar-refractivity contribution in [3.8, 4) is 11.5 Å². The Bertz CT molecular complexity index is 754. The Labute approximate surface area is 158 Å². The maximum absolute atomic E-state index is 12.0. The molecule has 0 aromatic heterocycles. The molecule has 0 spiro atoms. The van der Waals surface area contributed by atoms with E-state index >= 15 is 0 Å². The molecule has 26 heavy (non-hydrogen) atoms. The second-order valence-electron chi connectivity index (χ2n) is 6.09. The quantitative estimate of drug-likeness (QED) is 0.789. The number of likely N-dealkylation sites (tertiary alicyclic amines) is 1. The lowest BCUT2D eigenvalue weighted by Gasteiger charge is -2.18. The summed E-state index contributed by atoms with van der Waals surface area (Å²) in [6.45, 7) is 2.01. The highest BCUT2D eigenvalue weighted by atomic mass is 32.1. The first-order valence-corrected chi connectivity index (χ1v) is 9.02. The first-order chi connectivity index (χ1) is 12.7. The van der Waals surface area contributed by atoms with E-state index in [2.05, 4.69) is 10.2 Å². The fourth-order valence-electron chi connectivity index (χ4n) is 2.82. The van der Waals surface area contributed by atoms with Crippen molar-refractivity contribution in [1.29, 1.82) is 0 Å². The highest BCUT2D eigenvalue weighted by molar-refractivity contribution is 7.80. The number of hydrogen-bond donors (Lipinski definition) is 1. The number of thiocarbonyl (C=S) groups is 1. The normalized spacial score (nSPS) is 13.3. The maximum Gasteiger partial charge on any atom is 0.262 e. The number of nitrogens with zero attached hydrogens (tertiary/aromatic N) is 1. The van der Waals surface area contributed by atoms with Gasteiger partial charge in [0.1, 0.15) is 16.5 Å².